The van der Waals surface area contributed by atoms with E-state index in [1.807, 2.05) is 6.92 Å². The maximum absolute atomic E-state index is 12.6. The van der Waals surface area contributed by atoms with E-state index in [0.29, 0.717) is 17.7 Å². The van der Waals surface area contributed by atoms with E-state index < -0.39 is 0 Å². The topological polar surface area (TPSA) is 104 Å². The molecule has 28 heavy (non-hydrogen) atoms. The lowest BCUT2D eigenvalue weighted by Gasteiger charge is -2.22. The summed E-state index contributed by atoms with van der Waals surface area (Å²) in [6.45, 7) is 3.44. The molecule has 6 nitrogen and oxygen atoms in total. The van der Waals surface area contributed by atoms with Gasteiger partial charge in [-0.1, -0.05) is 23.8 Å². The number of nitrogens with one attached hydrogen (secondary N) is 2. The van der Waals surface area contributed by atoms with Gasteiger partial charge in [0, 0.05) is 29.8 Å². The van der Waals surface area contributed by atoms with Crippen molar-refractivity contribution in [1.82, 2.24) is 10.6 Å². The molecule has 0 bridgehead atoms. The molecule has 1 aliphatic rings. The number of halogens is 1. The van der Waals surface area contributed by atoms with Gasteiger partial charge in [0.15, 0.2) is 5.78 Å². The molecule has 1 amide bonds. The van der Waals surface area contributed by atoms with Crippen LogP contribution in [0.4, 0.5) is 0 Å². The van der Waals surface area contributed by atoms with Crippen LogP contribution < -0.4 is 16.4 Å². The summed E-state index contributed by atoms with van der Waals surface area (Å²) in [7, 11) is 0. The van der Waals surface area contributed by atoms with Crippen molar-refractivity contribution in [2.75, 3.05) is 13.1 Å². The first-order valence-corrected chi connectivity index (χ1v) is 9.17. The van der Waals surface area contributed by atoms with Gasteiger partial charge in [-0.05, 0) is 50.6 Å². The van der Waals surface area contributed by atoms with Gasteiger partial charge >= 0.3 is 0 Å². The second kappa shape index (κ2) is 9.68. The second-order valence-corrected chi connectivity index (χ2v) is 7.02. The molecule has 2 aromatic carbocycles. The highest BCUT2D eigenvalue weighted by Crippen LogP contribution is 2.22. The molecule has 1 heterocycles. The van der Waals surface area contributed by atoms with Crippen molar-refractivity contribution in [3.63, 3.8) is 0 Å². The molecule has 5 N–H and O–H groups in total. The highest BCUT2D eigenvalue weighted by Gasteiger charge is 2.22. The van der Waals surface area contributed by atoms with Crippen molar-refractivity contribution < 1.29 is 14.7 Å². The summed E-state index contributed by atoms with van der Waals surface area (Å²) in [5, 5.41) is 16.2. The molecule has 0 unspecified atom stereocenters. The van der Waals surface area contributed by atoms with E-state index in [0.717, 1.165) is 24.9 Å². The van der Waals surface area contributed by atoms with E-state index in [1.54, 1.807) is 36.4 Å². The minimum absolute atomic E-state index is 0. The third-order valence-electron chi connectivity index (χ3n) is 4.89. The monoisotopic (exact) mass is 403 g/mol. The number of phenols is 1. The van der Waals surface area contributed by atoms with Gasteiger partial charge in [-0.3, -0.25) is 9.59 Å². The number of nitrogens with two attached hydrogens (primary N) is 1. The van der Waals surface area contributed by atoms with Crippen LogP contribution in [0.15, 0.2) is 42.5 Å². The van der Waals surface area contributed by atoms with Crippen molar-refractivity contribution in [3.05, 3.63) is 64.7 Å². The lowest BCUT2D eigenvalue weighted by molar-refractivity contribution is 0.0928. The largest absolute Gasteiger partial charge is 0.507 e. The number of ketones is 1. The Balaban J connectivity index is 0.00000280. The number of hydrogen-bond donors (Lipinski definition) is 4. The van der Waals surface area contributed by atoms with Crippen molar-refractivity contribution >= 4 is 24.1 Å². The van der Waals surface area contributed by atoms with E-state index in [2.05, 4.69) is 10.6 Å². The summed E-state index contributed by atoms with van der Waals surface area (Å²) in [4.78, 5) is 25.1. The smallest absolute Gasteiger partial charge is 0.251 e. The summed E-state index contributed by atoms with van der Waals surface area (Å²) >= 11 is 0. The Morgan fingerprint density at radius 2 is 1.82 bits per heavy atom. The van der Waals surface area contributed by atoms with Crippen molar-refractivity contribution in [3.8, 4) is 5.75 Å². The number of hydrogen-bond acceptors (Lipinski definition) is 5. The van der Waals surface area contributed by atoms with Gasteiger partial charge in [0.1, 0.15) is 5.75 Å². The highest BCUT2D eigenvalue weighted by molar-refractivity contribution is 6.11. The highest BCUT2D eigenvalue weighted by atomic mass is 35.5. The first-order valence-electron chi connectivity index (χ1n) is 9.17. The number of aromatic hydroxyl groups is 1. The summed E-state index contributed by atoms with van der Waals surface area (Å²) in [6, 6.07) is 11.2. The number of carbonyl (C=O) groups is 2. The molecular formula is C21H26ClN3O3. The fraction of sp³-hybridized carbons (Fsp3) is 0.333. The average Bonchev–Trinajstić information content (AvgIpc) is 2.87. The summed E-state index contributed by atoms with van der Waals surface area (Å²) < 4.78 is 0. The van der Waals surface area contributed by atoms with E-state index >= 15 is 0 Å². The van der Waals surface area contributed by atoms with E-state index in [9.17, 15) is 14.7 Å². The van der Waals surface area contributed by atoms with Gasteiger partial charge in [-0.25, -0.2) is 0 Å². The molecule has 0 radical (unpaired) electrons. The molecule has 1 aliphatic heterocycles. The molecule has 2 aromatic rings. The molecule has 3 rings (SSSR count). The molecule has 7 heteroatoms. The Labute approximate surface area is 170 Å². The molecule has 2 atom stereocenters. The van der Waals surface area contributed by atoms with E-state index in [-0.39, 0.29) is 47.5 Å². The summed E-state index contributed by atoms with van der Waals surface area (Å²) in [5.41, 5.74) is 8.15. The fourth-order valence-electron chi connectivity index (χ4n) is 3.26. The predicted octanol–water partition coefficient (Wildman–Crippen LogP) is 2.16. The predicted molar refractivity (Wildman–Crippen MR) is 111 cm³/mol. The van der Waals surface area contributed by atoms with Crippen LogP contribution in [0.1, 0.15) is 44.7 Å². The summed E-state index contributed by atoms with van der Waals surface area (Å²) in [5.74, 6) is -0.529. The van der Waals surface area contributed by atoms with Crippen LogP contribution in [0, 0.1) is 6.92 Å². The van der Waals surface area contributed by atoms with Crippen molar-refractivity contribution in [1.29, 1.82) is 0 Å². The molecule has 0 spiro atoms. The van der Waals surface area contributed by atoms with Gasteiger partial charge in [0.05, 0.1) is 5.56 Å². The van der Waals surface area contributed by atoms with Crippen LogP contribution in [0.5, 0.6) is 5.75 Å². The lowest BCUT2D eigenvalue weighted by Crippen LogP contribution is -2.50. The zero-order valence-corrected chi connectivity index (χ0v) is 16.6. The fourth-order valence-corrected chi connectivity index (χ4v) is 3.26. The van der Waals surface area contributed by atoms with Gasteiger partial charge < -0.3 is 21.5 Å². The van der Waals surface area contributed by atoms with Crippen molar-refractivity contribution in [2.45, 2.75) is 31.8 Å². The number of carbonyl (C=O) groups excluding carboxylic acids is 2. The number of benzene rings is 2. The number of rotatable bonds is 4. The maximum atomic E-state index is 12.6. The van der Waals surface area contributed by atoms with E-state index in [4.69, 9.17) is 5.73 Å². The molecule has 1 saturated heterocycles. The van der Waals surface area contributed by atoms with Gasteiger partial charge in [-0.15, -0.1) is 12.4 Å². The molecule has 0 saturated carbocycles. The van der Waals surface area contributed by atoms with Crippen LogP contribution in [-0.4, -0.2) is 42.0 Å². The van der Waals surface area contributed by atoms with Crippen LogP contribution in [0.25, 0.3) is 0 Å². The van der Waals surface area contributed by atoms with E-state index in [1.165, 1.54) is 6.07 Å². The summed E-state index contributed by atoms with van der Waals surface area (Å²) in [6.07, 6.45) is 1.80. The standard InChI is InChI=1S/C21H25N3O3.ClH/c1-13-4-9-19(25)16(11-13)20(26)14-5-7-15(8-6-14)21(27)24-18-3-2-10-23-12-17(18)22;/h4-9,11,17-18,23,25H,2-3,10,12,22H2,1H3,(H,24,27);1H/t17-,18-;/m1./s1. The van der Waals surface area contributed by atoms with Gasteiger partial charge in [0.25, 0.3) is 5.91 Å². The Bertz CT molecular complexity index is 839. The number of aryl methyl sites for hydroxylation is 1. The Kier molecular flexibility index (Phi) is 7.57. The second-order valence-electron chi connectivity index (χ2n) is 7.02. The molecule has 0 aliphatic carbocycles. The van der Waals surface area contributed by atoms with Gasteiger partial charge in [0.2, 0.25) is 0 Å². The van der Waals surface area contributed by atoms with Crippen LogP contribution in [0.3, 0.4) is 0 Å². The van der Waals surface area contributed by atoms with Gasteiger partial charge in [-0.2, -0.15) is 0 Å². The van der Waals surface area contributed by atoms with Crippen molar-refractivity contribution in [2.24, 2.45) is 5.73 Å². The molecular weight excluding hydrogens is 378 g/mol. The van der Waals surface area contributed by atoms with Crippen LogP contribution >= 0.6 is 12.4 Å². The number of phenolic OH excluding ortho intramolecular Hbond substituents is 1. The lowest BCUT2D eigenvalue weighted by atomic mass is 9.99. The normalized spacial score (nSPS) is 19.2. The Morgan fingerprint density at radius 1 is 1.14 bits per heavy atom. The molecule has 1 fully saturated rings. The third kappa shape index (κ3) is 5.10. The molecule has 150 valence electrons. The Morgan fingerprint density at radius 3 is 2.54 bits per heavy atom. The Hall–Kier alpha value is -2.41. The first kappa shape index (κ1) is 21.9. The van der Waals surface area contributed by atoms with Crippen LogP contribution in [-0.2, 0) is 0 Å². The average molecular weight is 404 g/mol. The zero-order valence-electron chi connectivity index (χ0n) is 15.8. The SMILES string of the molecule is Cc1ccc(O)c(C(=O)c2ccc(C(=O)N[C@@H]3CCCNC[C@H]3N)cc2)c1.Cl. The maximum Gasteiger partial charge on any atom is 0.251 e. The molecule has 0 aromatic heterocycles. The first-order chi connectivity index (χ1) is 13.0. The minimum Gasteiger partial charge on any atom is -0.507 e. The quantitative estimate of drug-likeness (QED) is 0.585. The zero-order chi connectivity index (χ0) is 19.4. The minimum atomic E-state index is -0.278. The third-order valence-corrected chi connectivity index (χ3v) is 4.89. The number of amides is 1. The van der Waals surface area contributed by atoms with Crippen LogP contribution in [0.2, 0.25) is 0 Å².